The van der Waals surface area contributed by atoms with Crippen LogP contribution in [0.3, 0.4) is 0 Å². The fourth-order valence-corrected chi connectivity index (χ4v) is 2.86. The summed E-state index contributed by atoms with van der Waals surface area (Å²) in [5.41, 5.74) is 1.36. The van der Waals surface area contributed by atoms with Crippen molar-refractivity contribution in [2.75, 3.05) is 18.0 Å². The van der Waals surface area contributed by atoms with E-state index in [4.69, 9.17) is 9.62 Å². The van der Waals surface area contributed by atoms with Crippen LogP contribution in [0.15, 0.2) is 39.9 Å². The average molecular weight is 315 g/mol. The van der Waals surface area contributed by atoms with Crippen LogP contribution in [0.4, 0.5) is 11.4 Å². The third-order valence-corrected chi connectivity index (χ3v) is 3.97. The molecule has 0 spiro atoms. The first-order valence-corrected chi connectivity index (χ1v) is 7.50. The molecule has 1 aliphatic heterocycles. The van der Waals surface area contributed by atoms with Crippen LogP contribution in [0.2, 0.25) is 0 Å². The maximum atomic E-state index is 11.4. The second-order valence-corrected chi connectivity index (χ2v) is 5.45. The molecule has 1 aromatic heterocycles. The number of nitrogens with zero attached hydrogens (tertiary/aromatic N) is 3. The van der Waals surface area contributed by atoms with Crippen LogP contribution >= 0.6 is 0 Å². The third kappa shape index (κ3) is 3.18. The summed E-state index contributed by atoms with van der Waals surface area (Å²) in [6.45, 7) is 1.69. The van der Waals surface area contributed by atoms with Gasteiger partial charge in [-0.15, -0.1) is 0 Å². The molecule has 1 aromatic carbocycles. The van der Waals surface area contributed by atoms with Gasteiger partial charge in [-0.1, -0.05) is 5.16 Å². The Morgan fingerprint density at radius 2 is 2.00 bits per heavy atom. The Balaban J connectivity index is 1.96. The molecule has 0 bridgehead atoms. The Kier molecular flexibility index (Phi) is 4.27. The predicted molar refractivity (Wildman–Crippen MR) is 86.2 cm³/mol. The summed E-state index contributed by atoms with van der Waals surface area (Å²) < 4.78 is 5.48. The summed E-state index contributed by atoms with van der Waals surface area (Å²) in [5.74, 6) is 0.874. The molecule has 1 N–H and O–H groups in total. The predicted octanol–water partition coefficient (Wildman–Crippen LogP) is 3.65. The van der Waals surface area contributed by atoms with Gasteiger partial charge in [0.1, 0.15) is 23.4 Å². The highest BCUT2D eigenvalue weighted by Gasteiger charge is 2.22. The molecular weight excluding hydrogens is 298 g/mol. The number of anilines is 1. The molecule has 0 saturated carbocycles. The number of furan rings is 1. The molecule has 0 radical (unpaired) electrons. The van der Waals surface area contributed by atoms with Gasteiger partial charge in [0.25, 0.3) is 5.69 Å². The molecule has 1 saturated heterocycles. The van der Waals surface area contributed by atoms with Crippen molar-refractivity contribution in [1.29, 1.82) is 0 Å². The normalized spacial score (nSPS) is 15.2. The molecule has 0 atom stereocenters. The number of hydrogen-bond donors (Lipinski definition) is 1. The molecule has 0 amide bonds. The van der Waals surface area contributed by atoms with Crippen molar-refractivity contribution >= 4 is 17.6 Å². The van der Waals surface area contributed by atoms with E-state index in [9.17, 15) is 10.1 Å². The van der Waals surface area contributed by atoms with Gasteiger partial charge in [0, 0.05) is 24.7 Å². The molecule has 7 nitrogen and oxygen atoms in total. The van der Waals surface area contributed by atoms with Crippen molar-refractivity contribution in [2.45, 2.75) is 19.3 Å². The van der Waals surface area contributed by atoms with Crippen LogP contribution in [0.25, 0.3) is 11.3 Å². The first-order valence-electron chi connectivity index (χ1n) is 7.50. The van der Waals surface area contributed by atoms with Crippen LogP contribution in [0.1, 0.15) is 25.0 Å². The number of benzene rings is 1. The molecule has 0 aliphatic carbocycles. The van der Waals surface area contributed by atoms with Crippen molar-refractivity contribution < 1.29 is 14.5 Å². The zero-order valence-electron chi connectivity index (χ0n) is 12.5. The van der Waals surface area contributed by atoms with E-state index in [0.717, 1.165) is 25.9 Å². The quantitative estimate of drug-likeness (QED) is 0.402. The van der Waals surface area contributed by atoms with Gasteiger partial charge in [-0.3, -0.25) is 10.1 Å². The minimum absolute atomic E-state index is 0.0816. The number of piperidine rings is 1. The Morgan fingerprint density at radius 1 is 1.22 bits per heavy atom. The summed E-state index contributed by atoms with van der Waals surface area (Å²) in [5, 5.41) is 22.9. The van der Waals surface area contributed by atoms with E-state index in [1.54, 1.807) is 18.2 Å². The molecule has 120 valence electrons. The lowest BCUT2D eigenvalue weighted by atomic mass is 10.1. The fraction of sp³-hybridized carbons (Fsp3) is 0.312. The van der Waals surface area contributed by atoms with Crippen LogP contribution in [-0.4, -0.2) is 29.4 Å². The first-order chi connectivity index (χ1) is 11.2. The smallest absolute Gasteiger partial charge is 0.293 e. The highest BCUT2D eigenvalue weighted by Crippen LogP contribution is 2.34. The maximum absolute atomic E-state index is 11.4. The lowest BCUT2D eigenvalue weighted by Gasteiger charge is -2.28. The lowest BCUT2D eigenvalue weighted by Crippen LogP contribution is -2.29. The number of hydrogen-bond acceptors (Lipinski definition) is 6. The molecule has 2 aromatic rings. The van der Waals surface area contributed by atoms with Gasteiger partial charge in [0.2, 0.25) is 0 Å². The van der Waals surface area contributed by atoms with E-state index in [1.807, 2.05) is 6.07 Å². The Labute approximate surface area is 133 Å². The Morgan fingerprint density at radius 3 is 2.70 bits per heavy atom. The number of oxime groups is 1. The largest absolute Gasteiger partial charge is 0.455 e. The third-order valence-electron chi connectivity index (χ3n) is 3.97. The van der Waals surface area contributed by atoms with Crippen LogP contribution < -0.4 is 4.90 Å². The molecule has 7 heteroatoms. The molecule has 2 heterocycles. The highest BCUT2D eigenvalue weighted by molar-refractivity contribution is 5.78. The maximum Gasteiger partial charge on any atom is 0.293 e. The lowest BCUT2D eigenvalue weighted by molar-refractivity contribution is -0.384. The topological polar surface area (TPSA) is 92.1 Å². The van der Waals surface area contributed by atoms with Gasteiger partial charge < -0.3 is 14.5 Å². The van der Waals surface area contributed by atoms with Gasteiger partial charge in [-0.05, 0) is 43.5 Å². The Bertz CT molecular complexity index is 733. The van der Waals surface area contributed by atoms with E-state index >= 15 is 0 Å². The monoisotopic (exact) mass is 315 g/mol. The van der Waals surface area contributed by atoms with Crippen LogP contribution in [0.5, 0.6) is 0 Å². The van der Waals surface area contributed by atoms with Gasteiger partial charge >= 0.3 is 0 Å². The highest BCUT2D eigenvalue weighted by atomic mass is 16.6. The van der Waals surface area contributed by atoms with E-state index in [-0.39, 0.29) is 10.6 Å². The number of nitro groups is 1. The van der Waals surface area contributed by atoms with Crippen LogP contribution in [0, 0.1) is 10.1 Å². The molecular formula is C16H17N3O4. The second-order valence-electron chi connectivity index (χ2n) is 5.45. The van der Waals surface area contributed by atoms with E-state index < -0.39 is 0 Å². The minimum atomic E-state index is -0.355. The Hall–Kier alpha value is -2.83. The summed E-state index contributed by atoms with van der Waals surface area (Å²) in [6.07, 6.45) is 4.45. The van der Waals surface area contributed by atoms with Crippen molar-refractivity contribution in [3.8, 4) is 11.3 Å². The SMILES string of the molecule is O=[N+]([O-])c1cc(-c2ccc(/C=N/O)o2)ccc1N1CCCCC1. The molecule has 1 aliphatic rings. The second kappa shape index (κ2) is 6.51. The first kappa shape index (κ1) is 15.1. The standard InChI is InChI=1S/C16H17N3O4/c20-17-11-13-5-7-16(23-13)12-4-6-14(15(10-12)19(21)22)18-8-2-1-3-9-18/h4-7,10-11,20H,1-3,8-9H2/b17-11+. The minimum Gasteiger partial charge on any atom is -0.455 e. The molecule has 1 fully saturated rings. The van der Waals surface area contributed by atoms with Gasteiger partial charge in [0.15, 0.2) is 0 Å². The summed E-state index contributed by atoms with van der Waals surface area (Å²) in [7, 11) is 0. The summed E-state index contributed by atoms with van der Waals surface area (Å²) >= 11 is 0. The average Bonchev–Trinajstić information content (AvgIpc) is 3.04. The van der Waals surface area contributed by atoms with Crippen molar-refractivity contribution in [2.24, 2.45) is 5.16 Å². The van der Waals surface area contributed by atoms with Crippen molar-refractivity contribution in [3.05, 3.63) is 46.2 Å². The summed E-state index contributed by atoms with van der Waals surface area (Å²) in [4.78, 5) is 13.2. The van der Waals surface area contributed by atoms with Crippen LogP contribution in [-0.2, 0) is 0 Å². The van der Waals surface area contributed by atoms with E-state index in [2.05, 4.69) is 10.1 Å². The molecule has 0 unspecified atom stereocenters. The zero-order chi connectivity index (χ0) is 16.2. The number of rotatable bonds is 4. The van der Waals surface area contributed by atoms with E-state index in [1.165, 1.54) is 18.7 Å². The molecule has 3 rings (SSSR count). The van der Waals surface area contributed by atoms with Gasteiger partial charge in [-0.25, -0.2) is 0 Å². The van der Waals surface area contributed by atoms with Gasteiger partial charge in [0.05, 0.1) is 4.92 Å². The number of nitro benzene ring substituents is 1. The molecule has 23 heavy (non-hydrogen) atoms. The zero-order valence-corrected chi connectivity index (χ0v) is 12.5. The van der Waals surface area contributed by atoms with Gasteiger partial charge in [-0.2, -0.15) is 0 Å². The van der Waals surface area contributed by atoms with Crippen molar-refractivity contribution in [1.82, 2.24) is 0 Å². The van der Waals surface area contributed by atoms with Crippen molar-refractivity contribution in [3.63, 3.8) is 0 Å². The van der Waals surface area contributed by atoms with E-state index in [0.29, 0.717) is 22.8 Å². The fourth-order valence-electron chi connectivity index (χ4n) is 2.86. The summed E-state index contributed by atoms with van der Waals surface area (Å²) in [6, 6.07) is 8.45.